The average molecular weight is 295 g/mol. The second kappa shape index (κ2) is 4.37. The fourth-order valence-corrected chi connectivity index (χ4v) is 2.81. The fraction of sp³-hybridized carbons (Fsp3) is 0.333. The van der Waals surface area contributed by atoms with Crippen molar-refractivity contribution in [3.8, 4) is 0 Å². The molecule has 0 bridgehead atoms. The third-order valence-electron chi connectivity index (χ3n) is 4.87. The Bertz CT molecular complexity index is 897. The smallest absolute Gasteiger partial charge is 0.456 e. The van der Waals surface area contributed by atoms with Gasteiger partial charge in [-0.25, -0.2) is 0 Å². The van der Waals surface area contributed by atoms with Crippen molar-refractivity contribution in [3.05, 3.63) is 42.4 Å². The molecule has 0 spiro atoms. The summed E-state index contributed by atoms with van der Waals surface area (Å²) < 4.78 is 25.8. The number of para-hydroxylation sites is 1. The lowest BCUT2D eigenvalue weighted by molar-refractivity contribution is 0.00578. The van der Waals surface area contributed by atoms with Crippen LogP contribution >= 0.6 is 0 Å². The van der Waals surface area contributed by atoms with E-state index in [9.17, 15) is 0 Å². The maximum Gasteiger partial charge on any atom is 0.494 e. The van der Waals surface area contributed by atoms with Crippen LogP contribution in [0.15, 0.2) is 46.9 Å². The molecule has 4 heteroatoms. The first-order valence-corrected chi connectivity index (χ1v) is 7.55. The predicted octanol–water partition coefficient (Wildman–Crippen LogP) is 3.89. The van der Waals surface area contributed by atoms with E-state index in [2.05, 4.69) is 33.8 Å². The highest BCUT2D eigenvalue weighted by atomic mass is 16.7. The summed E-state index contributed by atoms with van der Waals surface area (Å²) in [7, 11) is -0.384. The Balaban J connectivity index is 1.82. The zero-order valence-corrected chi connectivity index (χ0v) is 13.3. The Morgan fingerprint density at radius 2 is 1.59 bits per heavy atom. The van der Waals surface area contributed by atoms with Gasteiger partial charge in [0.2, 0.25) is 0 Å². The van der Waals surface area contributed by atoms with Gasteiger partial charge in [0.25, 0.3) is 0 Å². The van der Waals surface area contributed by atoms with Gasteiger partial charge in [0, 0.05) is 10.8 Å². The number of benzene rings is 2. The van der Waals surface area contributed by atoms with Crippen LogP contribution in [0.2, 0.25) is 0 Å². The molecule has 0 amide bonds. The van der Waals surface area contributed by atoms with Crippen LogP contribution in [0.1, 0.15) is 29.1 Å². The Morgan fingerprint density at radius 3 is 2.32 bits per heavy atom. The van der Waals surface area contributed by atoms with Gasteiger partial charge in [-0.15, -0.1) is 0 Å². The lowest BCUT2D eigenvalue weighted by Crippen LogP contribution is -2.41. The molecule has 112 valence electrons. The highest BCUT2D eigenvalue weighted by Crippen LogP contribution is 2.37. The van der Waals surface area contributed by atoms with Crippen molar-refractivity contribution in [2.45, 2.75) is 38.9 Å². The molecule has 0 radical (unpaired) electrons. The minimum Gasteiger partial charge on any atom is -0.456 e. The molecule has 2 aromatic carbocycles. The molecule has 1 aliphatic rings. The third-order valence-corrected chi connectivity index (χ3v) is 4.87. The third kappa shape index (κ3) is 1.91. The highest BCUT2D eigenvalue weighted by Gasteiger charge is 2.51. The Labute approximate surface area is 131 Å². The molecule has 4 rings (SSSR count). The van der Waals surface area contributed by atoms with Crippen molar-refractivity contribution in [1.29, 1.82) is 0 Å². The predicted molar refractivity (Wildman–Crippen MR) is 89.4 cm³/mol. The van der Waals surface area contributed by atoms with Gasteiger partial charge in [0.05, 0.1) is 12.6 Å². The first-order chi connectivity index (χ1) is 10.8. The van der Waals surface area contributed by atoms with Gasteiger partial charge < -0.3 is 13.7 Å². The quantitative estimate of drug-likeness (QED) is 0.638. The number of fused-ring (bicyclic) bond motifs is 3. The van der Waals surface area contributed by atoms with Gasteiger partial charge in [0.15, 0.2) is 0 Å². The monoisotopic (exact) mass is 295 g/mol. The normalized spacial score (nSPS) is 20.7. The molecule has 1 fully saturated rings. The summed E-state index contributed by atoms with van der Waals surface area (Å²) in [5.74, 6) is 0. The van der Waals surface area contributed by atoms with Crippen LogP contribution in [0.3, 0.4) is 0 Å². The van der Waals surface area contributed by atoms with E-state index in [1.807, 2.05) is 18.2 Å². The second-order valence-electron chi connectivity index (χ2n) is 6.87. The number of rotatable bonds is 1. The molecule has 0 N–H and O–H groups in total. The average Bonchev–Trinajstić information content (AvgIpc) is 2.91. The van der Waals surface area contributed by atoms with Crippen LogP contribution in [0.4, 0.5) is 0 Å². The van der Waals surface area contributed by atoms with E-state index >= 15 is 0 Å². The van der Waals surface area contributed by atoms with E-state index in [1.54, 1.807) is 12.1 Å². The summed E-state index contributed by atoms with van der Waals surface area (Å²) in [5.41, 5.74) is 1.81. The van der Waals surface area contributed by atoms with Crippen molar-refractivity contribution in [3.63, 3.8) is 0 Å². The van der Waals surface area contributed by atoms with Gasteiger partial charge in [-0.05, 0) is 45.3 Å². The first kappa shape index (κ1) is 12.7. The molecule has 1 saturated heterocycles. The molecule has 1 aliphatic heterocycles. The number of hydrogen-bond acceptors (Lipinski definition) is 3. The van der Waals surface area contributed by atoms with E-state index < -0.39 is 0 Å². The minimum atomic E-state index is -0.384. The van der Waals surface area contributed by atoms with Crippen LogP contribution in [0.5, 0.6) is 0 Å². The molecule has 3 nitrogen and oxygen atoms in total. The summed E-state index contributed by atoms with van der Waals surface area (Å²) in [6.45, 7) is 8.20. The van der Waals surface area contributed by atoms with Crippen LogP contribution in [-0.4, -0.2) is 18.3 Å². The van der Waals surface area contributed by atoms with E-state index in [1.165, 1.54) is 0 Å². The molecule has 2 heterocycles. The highest BCUT2D eigenvalue weighted by molar-refractivity contribution is 6.62. The lowest BCUT2D eigenvalue weighted by Gasteiger charge is -2.32. The maximum atomic E-state index is 7.72. The Hall–Kier alpha value is -1.78. The van der Waals surface area contributed by atoms with E-state index in [0.29, 0.717) is 6.04 Å². The van der Waals surface area contributed by atoms with Gasteiger partial charge in [-0.2, -0.15) is 0 Å². The van der Waals surface area contributed by atoms with Crippen LogP contribution < -0.4 is 5.46 Å². The van der Waals surface area contributed by atoms with Crippen molar-refractivity contribution >= 4 is 34.5 Å². The van der Waals surface area contributed by atoms with Crippen molar-refractivity contribution in [1.82, 2.24) is 0 Å². The summed E-state index contributed by atoms with van der Waals surface area (Å²) in [5, 5.41) is 2.03. The molecule has 1 aromatic heterocycles. The zero-order chi connectivity index (χ0) is 16.4. The largest absolute Gasteiger partial charge is 0.494 e. The SMILES string of the molecule is [2H]c1ccc2c(c1)oc1ccc(B3OC(C)(C)C(C)(C)O3)cc12. The van der Waals surface area contributed by atoms with Crippen molar-refractivity contribution in [2.75, 3.05) is 0 Å². The standard InChI is InChI=1S/C18H19BO3/c1-17(2)18(3,4)22-19(21-17)12-9-10-16-14(11-12)13-7-5-6-8-15(13)20-16/h5-11H,1-4H3/i6D. The van der Waals surface area contributed by atoms with Crippen molar-refractivity contribution < 1.29 is 15.1 Å². The number of furan rings is 1. The molecular weight excluding hydrogens is 275 g/mol. The summed E-state index contributed by atoms with van der Waals surface area (Å²) in [6.07, 6.45) is 0. The zero-order valence-electron chi connectivity index (χ0n) is 14.3. The lowest BCUT2D eigenvalue weighted by atomic mass is 9.78. The van der Waals surface area contributed by atoms with Crippen LogP contribution in [0.25, 0.3) is 21.9 Å². The summed E-state index contributed by atoms with van der Waals surface area (Å²) >= 11 is 0. The van der Waals surface area contributed by atoms with Gasteiger partial charge in [0.1, 0.15) is 11.2 Å². The molecule has 22 heavy (non-hydrogen) atoms. The van der Waals surface area contributed by atoms with E-state index in [0.717, 1.165) is 27.4 Å². The summed E-state index contributed by atoms with van der Waals surface area (Å²) in [6, 6.07) is 11.9. The molecule has 3 aromatic rings. The van der Waals surface area contributed by atoms with Gasteiger partial charge in [-0.1, -0.05) is 30.3 Å². The van der Waals surface area contributed by atoms with E-state index in [-0.39, 0.29) is 18.3 Å². The summed E-state index contributed by atoms with van der Waals surface area (Å²) in [4.78, 5) is 0. The van der Waals surface area contributed by atoms with Crippen LogP contribution in [0, 0.1) is 0 Å². The van der Waals surface area contributed by atoms with Crippen LogP contribution in [-0.2, 0) is 9.31 Å². The molecule has 0 unspecified atom stereocenters. The van der Waals surface area contributed by atoms with Gasteiger partial charge in [-0.3, -0.25) is 0 Å². The first-order valence-electron chi connectivity index (χ1n) is 8.05. The fourth-order valence-electron chi connectivity index (χ4n) is 2.81. The topological polar surface area (TPSA) is 31.6 Å². The van der Waals surface area contributed by atoms with Gasteiger partial charge >= 0.3 is 7.12 Å². The van der Waals surface area contributed by atoms with E-state index in [4.69, 9.17) is 15.1 Å². The minimum absolute atomic E-state index is 0.356. The Morgan fingerprint density at radius 1 is 0.909 bits per heavy atom. The maximum absolute atomic E-state index is 7.72. The molecule has 0 saturated carbocycles. The number of hydrogen-bond donors (Lipinski definition) is 0. The second-order valence-corrected chi connectivity index (χ2v) is 6.87. The molecule has 0 aliphatic carbocycles. The molecule has 0 atom stereocenters. The van der Waals surface area contributed by atoms with Crippen molar-refractivity contribution in [2.24, 2.45) is 0 Å². The molecular formula is C18H19BO3. The Kier molecular flexibility index (Phi) is 2.53.